The van der Waals surface area contributed by atoms with Gasteiger partial charge in [-0.05, 0) is 5.56 Å². The Morgan fingerprint density at radius 2 is 2.20 bits per heavy atom. The molecule has 106 valence electrons. The normalized spacial score (nSPS) is 11.8. The number of hydrogen-bond acceptors (Lipinski definition) is 3. The number of benzene rings is 1. The smallest absolute Gasteiger partial charge is 0.407 e. The van der Waals surface area contributed by atoms with E-state index in [4.69, 9.17) is 4.74 Å². The third kappa shape index (κ3) is 4.38. The van der Waals surface area contributed by atoms with Crippen molar-refractivity contribution < 1.29 is 13.9 Å². The second-order valence-electron chi connectivity index (χ2n) is 4.34. The minimum atomic E-state index is -0.667. The van der Waals surface area contributed by atoms with Gasteiger partial charge in [0, 0.05) is 18.3 Å². The average molecular weight is 277 g/mol. The molecule has 5 nitrogen and oxygen atoms in total. The van der Waals surface area contributed by atoms with Crippen LogP contribution in [0.15, 0.2) is 42.9 Å². The average Bonchev–Trinajstić information content (AvgIpc) is 2.98. The van der Waals surface area contributed by atoms with Crippen LogP contribution in [0, 0.1) is 0 Å². The van der Waals surface area contributed by atoms with Crippen LogP contribution >= 0.6 is 0 Å². The number of alkyl halides is 1. The minimum Gasteiger partial charge on any atom is -0.445 e. The third-order valence-electron chi connectivity index (χ3n) is 2.74. The number of halogens is 1. The van der Waals surface area contributed by atoms with Crippen molar-refractivity contribution in [1.82, 2.24) is 15.3 Å². The van der Waals surface area contributed by atoms with Gasteiger partial charge in [0.05, 0.1) is 12.4 Å². The Hall–Kier alpha value is -2.37. The monoisotopic (exact) mass is 277 g/mol. The Kier molecular flexibility index (Phi) is 5.11. The Balaban J connectivity index is 1.77. The highest BCUT2D eigenvalue weighted by Gasteiger charge is 2.14. The number of carbonyl (C=O) groups excluding carboxylic acids is 1. The van der Waals surface area contributed by atoms with E-state index in [2.05, 4.69) is 15.3 Å². The molecule has 0 saturated heterocycles. The fourth-order valence-electron chi connectivity index (χ4n) is 1.74. The van der Waals surface area contributed by atoms with Crippen molar-refractivity contribution in [1.29, 1.82) is 0 Å². The van der Waals surface area contributed by atoms with Crippen LogP contribution in [0.5, 0.6) is 0 Å². The highest BCUT2D eigenvalue weighted by molar-refractivity contribution is 5.67. The molecular formula is C14H16FN3O2. The van der Waals surface area contributed by atoms with Crippen molar-refractivity contribution in [2.45, 2.75) is 19.1 Å². The van der Waals surface area contributed by atoms with Gasteiger partial charge in [-0.3, -0.25) is 0 Å². The lowest BCUT2D eigenvalue weighted by molar-refractivity contribution is 0.133. The number of rotatable bonds is 6. The zero-order valence-corrected chi connectivity index (χ0v) is 10.9. The number of imidazole rings is 1. The van der Waals surface area contributed by atoms with Crippen molar-refractivity contribution in [2.75, 3.05) is 6.67 Å². The molecule has 2 aromatic rings. The second kappa shape index (κ2) is 7.28. The van der Waals surface area contributed by atoms with Gasteiger partial charge in [0.2, 0.25) is 0 Å². The standard InChI is InChI=1S/C14H16FN3O2/c15-7-12(6-13-8-16-10-17-13)18-14(19)20-9-11-4-2-1-3-5-11/h1-5,8,10,12H,6-7,9H2,(H,16,17)(H,18,19). The molecule has 0 saturated carbocycles. The Morgan fingerprint density at radius 1 is 1.40 bits per heavy atom. The summed E-state index contributed by atoms with van der Waals surface area (Å²) in [5.74, 6) is 0. The molecule has 20 heavy (non-hydrogen) atoms. The molecule has 1 amide bonds. The lowest BCUT2D eigenvalue weighted by Gasteiger charge is -2.14. The number of hydrogen-bond donors (Lipinski definition) is 2. The number of nitrogens with one attached hydrogen (secondary N) is 2. The fraction of sp³-hybridized carbons (Fsp3) is 0.286. The molecule has 1 atom stereocenters. The van der Waals surface area contributed by atoms with Crippen LogP contribution in [-0.4, -0.2) is 28.8 Å². The summed E-state index contributed by atoms with van der Waals surface area (Å²) in [4.78, 5) is 18.3. The Labute approximate surface area is 116 Å². The summed E-state index contributed by atoms with van der Waals surface area (Å²) < 4.78 is 17.9. The maximum absolute atomic E-state index is 12.9. The molecule has 0 aliphatic heterocycles. The summed E-state index contributed by atoms with van der Waals surface area (Å²) >= 11 is 0. The zero-order chi connectivity index (χ0) is 14.2. The van der Waals surface area contributed by atoms with E-state index in [9.17, 15) is 9.18 Å². The van der Waals surface area contributed by atoms with Crippen LogP contribution in [0.2, 0.25) is 0 Å². The van der Waals surface area contributed by atoms with Crippen LogP contribution < -0.4 is 5.32 Å². The van der Waals surface area contributed by atoms with Crippen molar-refractivity contribution in [3.05, 3.63) is 54.1 Å². The number of aromatic nitrogens is 2. The van der Waals surface area contributed by atoms with E-state index in [-0.39, 0.29) is 6.61 Å². The number of aromatic amines is 1. The molecule has 1 aromatic carbocycles. The van der Waals surface area contributed by atoms with Gasteiger partial charge in [0.1, 0.15) is 13.3 Å². The third-order valence-corrected chi connectivity index (χ3v) is 2.74. The maximum Gasteiger partial charge on any atom is 0.407 e. The SMILES string of the molecule is O=C(NC(CF)Cc1cnc[nH]1)OCc1ccccc1. The first-order valence-electron chi connectivity index (χ1n) is 6.28. The van der Waals surface area contributed by atoms with Gasteiger partial charge in [0.15, 0.2) is 0 Å². The summed E-state index contributed by atoms with van der Waals surface area (Å²) in [6.07, 6.45) is 2.82. The van der Waals surface area contributed by atoms with E-state index in [1.165, 1.54) is 6.33 Å². The van der Waals surface area contributed by atoms with E-state index in [1.807, 2.05) is 30.3 Å². The molecule has 2 N–H and O–H groups in total. The summed E-state index contributed by atoms with van der Waals surface area (Å²) in [7, 11) is 0. The lowest BCUT2D eigenvalue weighted by atomic mass is 10.2. The molecule has 0 spiro atoms. The summed E-state index contributed by atoms with van der Waals surface area (Å²) in [6.45, 7) is -0.505. The number of alkyl carbamates (subject to hydrolysis) is 1. The van der Waals surface area contributed by atoms with E-state index in [0.717, 1.165) is 11.3 Å². The van der Waals surface area contributed by atoms with E-state index in [1.54, 1.807) is 6.20 Å². The van der Waals surface area contributed by atoms with Crippen LogP contribution in [-0.2, 0) is 17.8 Å². The van der Waals surface area contributed by atoms with Gasteiger partial charge < -0.3 is 15.0 Å². The van der Waals surface area contributed by atoms with Crippen molar-refractivity contribution in [3.8, 4) is 0 Å². The van der Waals surface area contributed by atoms with Crippen LogP contribution in [0.4, 0.5) is 9.18 Å². The topological polar surface area (TPSA) is 67.0 Å². The van der Waals surface area contributed by atoms with Gasteiger partial charge in [-0.2, -0.15) is 0 Å². The lowest BCUT2D eigenvalue weighted by Crippen LogP contribution is -2.38. The molecule has 0 aliphatic rings. The number of amides is 1. The van der Waals surface area contributed by atoms with E-state index in [0.29, 0.717) is 6.42 Å². The molecule has 0 fully saturated rings. The molecule has 0 aliphatic carbocycles. The Bertz CT molecular complexity index is 516. The van der Waals surface area contributed by atoms with E-state index < -0.39 is 18.8 Å². The first kappa shape index (κ1) is 14.0. The van der Waals surface area contributed by atoms with Gasteiger partial charge in [-0.15, -0.1) is 0 Å². The van der Waals surface area contributed by atoms with Crippen molar-refractivity contribution in [2.24, 2.45) is 0 Å². The largest absolute Gasteiger partial charge is 0.445 e. The molecule has 1 heterocycles. The fourth-order valence-corrected chi connectivity index (χ4v) is 1.74. The molecule has 1 unspecified atom stereocenters. The number of H-pyrrole nitrogens is 1. The van der Waals surface area contributed by atoms with Crippen LogP contribution in [0.1, 0.15) is 11.3 Å². The quantitative estimate of drug-likeness (QED) is 0.850. The van der Waals surface area contributed by atoms with Gasteiger partial charge >= 0.3 is 6.09 Å². The molecular weight excluding hydrogens is 261 g/mol. The number of carbonyl (C=O) groups is 1. The van der Waals surface area contributed by atoms with Crippen molar-refractivity contribution in [3.63, 3.8) is 0 Å². The molecule has 0 bridgehead atoms. The first-order valence-corrected chi connectivity index (χ1v) is 6.28. The van der Waals surface area contributed by atoms with Crippen molar-refractivity contribution >= 4 is 6.09 Å². The molecule has 0 radical (unpaired) electrons. The summed E-state index contributed by atoms with van der Waals surface area (Å²) in [6, 6.07) is 8.68. The van der Waals surface area contributed by atoms with Crippen LogP contribution in [0.3, 0.4) is 0 Å². The zero-order valence-electron chi connectivity index (χ0n) is 10.9. The van der Waals surface area contributed by atoms with Gasteiger partial charge in [-0.1, -0.05) is 30.3 Å². The summed E-state index contributed by atoms with van der Waals surface area (Å²) in [5, 5.41) is 2.49. The first-order chi connectivity index (χ1) is 9.78. The molecule has 2 rings (SSSR count). The molecule has 1 aromatic heterocycles. The minimum absolute atomic E-state index is 0.162. The van der Waals surface area contributed by atoms with Crippen LogP contribution in [0.25, 0.3) is 0 Å². The van der Waals surface area contributed by atoms with Gasteiger partial charge in [0.25, 0.3) is 0 Å². The predicted octanol–water partition coefficient (Wildman–Crippen LogP) is 2.22. The Morgan fingerprint density at radius 3 is 2.85 bits per heavy atom. The number of ether oxygens (including phenoxy) is 1. The highest BCUT2D eigenvalue weighted by Crippen LogP contribution is 2.03. The maximum atomic E-state index is 12.9. The summed E-state index contributed by atoms with van der Waals surface area (Å²) in [5.41, 5.74) is 1.64. The molecule has 6 heteroatoms. The second-order valence-corrected chi connectivity index (χ2v) is 4.34. The predicted molar refractivity (Wildman–Crippen MR) is 71.8 cm³/mol. The van der Waals surface area contributed by atoms with Gasteiger partial charge in [-0.25, -0.2) is 14.2 Å². The highest BCUT2D eigenvalue weighted by atomic mass is 19.1. The number of nitrogens with zero attached hydrogens (tertiary/aromatic N) is 1. The van der Waals surface area contributed by atoms with E-state index >= 15 is 0 Å².